The molecule has 10 atom stereocenters. The van der Waals surface area contributed by atoms with Crippen LogP contribution in [0.1, 0.15) is 52.4 Å². The molecular weight excluding hydrogens is 326 g/mol. The highest BCUT2D eigenvalue weighted by atomic mass is 16.5. The van der Waals surface area contributed by atoms with Crippen LogP contribution in [0.4, 0.5) is 0 Å². The third-order valence-corrected chi connectivity index (χ3v) is 9.82. The van der Waals surface area contributed by atoms with E-state index in [1.54, 1.807) is 0 Å². The molecule has 26 heavy (non-hydrogen) atoms. The molecule has 6 aliphatic carbocycles. The minimum Gasteiger partial charge on any atom is -0.457 e. The lowest BCUT2D eigenvalue weighted by molar-refractivity contribution is -0.227. The molecule has 0 aromatic heterocycles. The first-order chi connectivity index (χ1) is 12.4. The van der Waals surface area contributed by atoms with Crippen LogP contribution in [0, 0.1) is 39.9 Å². The number of aliphatic imine (C=N–C) groups is 1. The van der Waals surface area contributed by atoms with Gasteiger partial charge in [0.25, 0.3) is 0 Å². The van der Waals surface area contributed by atoms with Crippen LogP contribution in [0.3, 0.4) is 0 Å². The summed E-state index contributed by atoms with van der Waals surface area (Å²) >= 11 is 0. The molecule has 0 aromatic carbocycles. The smallest absolute Gasteiger partial charge is 0.303 e. The molecule has 0 aromatic rings. The van der Waals surface area contributed by atoms with Crippen molar-refractivity contribution in [2.45, 2.75) is 70.6 Å². The van der Waals surface area contributed by atoms with Gasteiger partial charge in [-0.15, -0.1) is 0 Å². The van der Waals surface area contributed by atoms with Crippen molar-refractivity contribution in [3.05, 3.63) is 12.2 Å². The predicted molar refractivity (Wildman–Crippen MR) is 97.6 cm³/mol. The molecule has 0 radical (unpaired) electrons. The number of esters is 1. The Morgan fingerprint density at radius 1 is 1.31 bits per heavy atom. The van der Waals surface area contributed by atoms with E-state index >= 15 is 0 Å². The van der Waals surface area contributed by atoms with Crippen LogP contribution in [0.15, 0.2) is 17.1 Å². The second kappa shape index (κ2) is 4.45. The van der Waals surface area contributed by atoms with Crippen LogP contribution in [-0.4, -0.2) is 35.5 Å². The van der Waals surface area contributed by atoms with E-state index in [4.69, 9.17) is 9.73 Å². The highest BCUT2D eigenvalue weighted by molar-refractivity contribution is 5.70. The lowest BCUT2D eigenvalue weighted by Gasteiger charge is -2.66. The van der Waals surface area contributed by atoms with Crippen molar-refractivity contribution >= 4 is 12.2 Å². The molecule has 0 unspecified atom stereocenters. The average Bonchev–Trinajstić information content (AvgIpc) is 2.67. The first kappa shape index (κ1) is 15.9. The molecule has 1 aliphatic heterocycles. The molecule has 7 rings (SSSR count). The van der Waals surface area contributed by atoms with E-state index in [9.17, 15) is 9.90 Å². The molecule has 6 fully saturated rings. The van der Waals surface area contributed by atoms with E-state index in [1.165, 1.54) is 26.2 Å². The van der Waals surface area contributed by atoms with E-state index in [2.05, 4.69) is 19.7 Å². The molecule has 1 heterocycles. The lowest BCUT2D eigenvalue weighted by atomic mass is 9.39. The second-order valence-corrected chi connectivity index (χ2v) is 10.4. The zero-order valence-corrected chi connectivity index (χ0v) is 15.8. The van der Waals surface area contributed by atoms with E-state index in [1.807, 2.05) is 0 Å². The van der Waals surface area contributed by atoms with Crippen LogP contribution in [-0.2, 0) is 9.53 Å². The Hall–Kier alpha value is -1.16. The van der Waals surface area contributed by atoms with Gasteiger partial charge in [-0.3, -0.25) is 9.79 Å². The third kappa shape index (κ3) is 1.38. The van der Waals surface area contributed by atoms with Gasteiger partial charge < -0.3 is 9.84 Å². The average molecular weight is 355 g/mol. The van der Waals surface area contributed by atoms with Crippen LogP contribution in [0.25, 0.3) is 0 Å². The van der Waals surface area contributed by atoms with Crippen molar-refractivity contribution in [2.24, 2.45) is 44.9 Å². The summed E-state index contributed by atoms with van der Waals surface area (Å²) in [5, 5.41) is 11.6. The Bertz CT molecular complexity index is 760. The van der Waals surface area contributed by atoms with Gasteiger partial charge in [0.05, 0.1) is 12.1 Å². The Morgan fingerprint density at radius 3 is 2.88 bits per heavy atom. The van der Waals surface area contributed by atoms with Gasteiger partial charge in [-0.1, -0.05) is 19.9 Å². The van der Waals surface area contributed by atoms with Crippen molar-refractivity contribution < 1.29 is 14.6 Å². The third-order valence-electron chi connectivity index (χ3n) is 9.82. The number of hydrogen-bond donors (Lipinski definition) is 1. The molecule has 1 N–H and O–H groups in total. The topological polar surface area (TPSA) is 58.9 Å². The number of nitrogens with zero attached hydrogens (tertiary/aromatic N) is 1. The number of carbonyl (C=O) groups is 1. The second-order valence-electron chi connectivity index (χ2n) is 10.4. The van der Waals surface area contributed by atoms with Crippen molar-refractivity contribution in [2.75, 3.05) is 0 Å². The SMILES string of the molecule is C=C1[C@H]2C[C@@H]3[C@H]4N=C[C@]5(C)CCC[C@]46[C@H](C2)[C@]3([C@H](O)C[C@@H]65)[C@@H]1OC(C)=O. The monoisotopic (exact) mass is 355 g/mol. The van der Waals surface area contributed by atoms with Gasteiger partial charge >= 0.3 is 5.97 Å². The molecule has 140 valence electrons. The number of aliphatic hydroxyl groups is 1. The maximum atomic E-state index is 11.9. The van der Waals surface area contributed by atoms with E-state index in [0.29, 0.717) is 29.7 Å². The maximum Gasteiger partial charge on any atom is 0.303 e. The van der Waals surface area contributed by atoms with Crippen molar-refractivity contribution in [3.8, 4) is 0 Å². The first-order valence-electron chi connectivity index (χ1n) is 10.4. The Kier molecular flexibility index (Phi) is 2.72. The van der Waals surface area contributed by atoms with Crippen LogP contribution >= 0.6 is 0 Å². The fraction of sp³-hybridized carbons (Fsp3) is 0.818. The maximum absolute atomic E-state index is 11.9. The summed E-state index contributed by atoms with van der Waals surface area (Å²) in [5.74, 6) is 1.45. The number of aliphatic hydroxyl groups excluding tert-OH is 1. The Labute approximate surface area is 155 Å². The quantitative estimate of drug-likeness (QED) is 0.581. The van der Waals surface area contributed by atoms with Gasteiger partial charge in [-0.25, -0.2) is 0 Å². The van der Waals surface area contributed by atoms with Crippen molar-refractivity contribution in [1.82, 2.24) is 0 Å². The van der Waals surface area contributed by atoms with Gasteiger partial charge in [0, 0.05) is 29.4 Å². The number of ether oxygens (including phenoxy) is 1. The fourth-order valence-electron chi connectivity index (χ4n) is 9.31. The zero-order chi connectivity index (χ0) is 18.1. The molecule has 6 bridgehead atoms. The summed E-state index contributed by atoms with van der Waals surface area (Å²) in [5.41, 5.74) is 1.04. The first-order valence-corrected chi connectivity index (χ1v) is 10.4. The molecule has 0 amide bonds. The van der Waals surface area contributed by atoms with E-state index in [-0.39, 0.29) is 28.3 Å². The van der Waals surface area contributed by atoms with E-state index < -0.39 is 6.10 Å². The summed E-state index contributed by atoms with van der Waals surface area (Å²) in [6.45, 7) is 8.21. The van der Waals surface area contributed by atoms with Gasteiger partial charge in [0.1, 0.15) is 6.10 Å². The van der Waals surface area contributed by atoms with Gasteiger partial charge in [0.15, 0.2) is 0 Å². The zero-order valence-electron chi connectivity index (χ0n) is 15.8. The molecule has 4 heteroatoms. The summed E-state index contributed by atoms with van der Waals surface area (Å²) < 4.78 is 5.92. The standard InChI is InChI=1S/C22H29NO3/c1-11-13-7-14-18-21-6-4-5-20(3,10-23-18)15(21)9-17(25)22(14,16(21)8-13)19(11)26-12(2)24/h10,13-19,25H,1,4-9H2,2-3H3/t13-,14+,15+,16-,17+,18+,19+,20-,21-,22+/m0/s1. The number of carbonyl (C=O) groups excluding carboxylic acids is 1. The minimum atomic E-state index is -0.415. The minimum absolute atomic E-state index is 0.127. The summed E-state index contributed by atoms with van der Waals surface area (Å²) in [7, 11) is 0. The van der Waals surface area contributed by atoms with Gasteiger partial charge in [-0.2, -0.15) is 0 Å². The normalized spacial score (nSPS) is 60.9. The van der Waals surface area contributed by atoms with E-state index in [0.717, 1.165) is 24.8 Å². The molecule has 4 nitrogen and oxygen atoms in total. The summed E-state index contributed by atoms with van der Waals surface area (Å²) in [6, 6.07) is 0.305. The van der Waals surface area contributed by atoms with Gasteiger partial charge in [0.2, 0.25) is 0 Å². The summed E-state index contributed by atoms with van der Waals surface area (Å²) in [6.07, 6.45) is 8.23. The Morgan fingerprint density at radius 2 is 2.12 bits per heavy atom. The predicted octanol–water partition coefficient (Wildman–Crippen LogP) is 3.14. The van der Waals surface area contributed by atoms with Gasteiger partial charge in [-0.05, 0) is 61.3 Å². The molecular formula is C22H29NO3. The van der Waals surface area contributed by atoms with Crippen molar-refractivity contribution in [3.63, 3.8) is 0 Å². The van der Waals surface area contributed by atoms with Crippen molar-refractivity contribution in [1.29, 1.82) is 0 Å². The number of rotatable bonds is 1. The van der Waals surface area contributed by atoms with Crippen LogP contribution < -0.4 is 0 Å². The highest BCUT2D eigenvalue weighted by Gasteiger charge is 2.83. The highest BCUT2D eigenvalue weighted by Crippen LogP contribution is 2.82. The summed E-state index contributed by atoms with van der Waals surface area (Å²) in [4.78, 5) is 17.2. The van der Waals surface area contributed by atoms with Crippen LogP contribution in [0.2, 0.25) is 0 Å². The number of hydrogen-bond acceptors (Lipinski definition) is 4. The van der Waals surface area contributed by atoms with Crippen LogP contribution in [0.5, 0.6) is 0 Å². The molecule has 2 spiro atoms. The number of fused-ring (bicyclic) bond motifs is 1. The Balaban J connectivity index is 1.60. The molecule has 6 saturated carbocycles. The molecule has 0 saturated heterocycles. The fourth-order valence-corrected chi connectivity index (χ4v) is 9.31. The molecule has 7 aliphatic rings. The largest absolute Gasteiger partial charge is 0.457 e. The lowest BCUT2D eigenvalue weighted by Crippen LogP contribution is -2.67.